The first kappa shape index (κ1) is 22.2. The monoisotopic (exact) mass is 427 g/mol. The van der Waals surface area contributed by atoms with Crippen LogP contribution in [-0.4, -0.2) is 56.1 Å². The summed E-state index contributed by atoms with van der Waals surface area (Å²) >= 11 is 0. The van der Waals surface area contributed by atoms with E-state index in [4.69, 9.17) is 0 Å². The summed E-state index contributed by atoms with van der Waals surface area (Å²) in [5.74, 6) is -0.165. The lowest BCUT2D eigenvalue weighted by Crippen LogP contribution is -2.45. The molecule has 0 aliphatic carbocycles. The van der Waals surface area contributed by atoms with Gasteiger partial charge in [0.2, 0.25) is 10.0 Å². The molecule has 0 atom stereocenters. The van der Waals surface area contributed by atoms with Gasteiger partial charge in [0.1, 0.15) is 0 Å². The number of hydrogen-bond donors (Lipinski definition) is 1. The predicted octanol–water partition coefficient (Wildman–Crippen LogP) is 3.28. The number of ketones is 1. The second-order valence-corrected chi connectivity index (χ2v) is 9.36. The number of sulfonamides is 1. The number of carbonyl (C=O) groups excluding carboxylic acids is 1. The summed E-state index contributed by atoms with van der Waals surface area (Å²) in [6, 6.07) is 16.2. The number of aryl methyl sites for hydroxylation is 1. The molecule has 0 bridgehead atoms. The van der Waals surface area contributed by atoms with E-state index < -0.39 is 10.0 Å². The van der Waals surface area contributed by atoms with Crippen molar-refractivity contribution in [3.05, 3.63) is 71.4 Å². The van der Waals surface area contributed by atoms with Gasteiger partial charge in [-0.3, -0.25) is 9.69 Å². The maximum atomic E-state index is 13.2. The minimum absolute atomic E-state index is 0.132. The van der Waals surface area contributed by atoms with E-state index in [0.717, 1.165) is 24.3 Å². The highest BCUT2D eigenvalue weighted by atomic mass is 32.2. The second-order valence-electron chi connectivity index (χ2n) is 7.42. The molecule has 0 fully saturated rings. The molecule has 0 saturated carbocycles. The van der Waals surface area contributed by atoms with Gasteiger partial charge in [-0.15, -0.1) is 0 Å². The Morgan fingerprint density at radius 2 is 1.60 bits per heavy atom. The topological polar surface area (TPSA) is 69.7 Å². The van der Waals surface area contributed by atoms with Gasteiger partial charge in [0, 0.05) is 23.5 Å². The van der Waals surface area contributed by atoms with Gasteiger partial charge < -0.3 is 5.32 Å². The molecular weight excluding hydrogens is 398 g/mol. The van der Waals surface area contributed by atoms with Crippen LogP contribution in [0.5, 0.6) is 0 Å². The third-order valence-corrected chi connectivity index (χ3v) is 7.17. The van der Waals surface area contributed by atoms with Crippen molar-refractivity contribution in [2.75, 3.05) is 38.0 Å². The third-order valence-electron chi connectivity index (χ3n) is 5.36. The van der Waals surface area contributed by atoms with E-state index in [1.807, 2.05) is 37.3 Å². The van der Waals surface area contributed by atoms with Crippen molar-refractivity contribution < 1.29 is 13.2 Å². The number of benzene rings is 2. The maximum absolute atomic E-state index is 13.2. The molecule has 30 heavy (non-hydrogen) atoms. The van der Waals surface area contributed by atoms with E-state index in [2.05, 4.69) is 24.1 Å². The first-order chi connectivity index (χ1) is 14.3. The summed E-state index contributed by atoms with van der Waals surface area (Å²) in [6.07, 6.45) is 0. The van der Waals surface area contributed by atoms with Crippen LogP contribution in [0.2, 0.25) is 0 Å². The Hall–Kier alpha value is -2.48. The number of likely N-dealkylation sites (N-methyl/N-ethyl adjacent to an activating group) is 1. The summed E-state index contributed by atoms with van der Waals surface area (Å²) in [4.78, 5) is 15.4. The van der Waals surface area contributed by atoms with Crippen LogP contribution in [0.25, 0.3) is 0 Å². The largest absolute Gasteiger partial charge is 0.357 e. The first-order valence-corrected chi connectivity index (χ1v) is 11.7. The van der Waals surface area contributed by atoms with Gasteiger partial charge in [-0.05, 0) is 44.3 Å². The molecular formula is C23H29N3O3S. The van der Waals surface area contributed by atoms with E-state index in [0.29, 0.717) is 17.8 Å². The number of anilines is 1. The molecule has 1 N–H and O–H groups in total. The summed E-state index contributed by atoms with van der Waals surface area (Å²) < 4.78 is 27.7. The van der Waals surface area contributed by atoms with Crippen molar-refractivity contribution in [2.45, 2.75) is 25.7 Å². The molecule has 7 heteroatoms. The summed E-state index contributed by atoms with van der Waals surface area (Å²) in [5.41, 5.74) is 3.10. The third kappa shape index (κ3) is 4.98. The van der Waals surface area contributed by atoms with Crippen LogP contribution in [0.1, 0.15) is 19.4 Å². The molecule has 0 spiro atoms. The Morgan fingerprint density at radius 3 is 2.20 bits per heavy atom. The molecule has 2 aromatic rings. The van der Waals surface area contributed by atoms with Crippen molar-refractivity contribution in [3.8, 4) is 0 Å². The average molecular weight is 428 g/mol. The molecule has 160 valence electrons. The molecule has 6 nitrogen and oxygen atoms in total. The van der Waals surface area contributed by atoms with Crippen molar-refractivity contribution in [1.82, 2.24) is 9.21 Å². The number of nitrogens with zero attached hydrogens (tertiary/aromatic N) is 2. The van der Waals surface area contributed by atoms with Crippen LogP contribution in [-0.2, 0) is 14.8 Å². The number of Topliss-reactive ketones (excluding diaryl/α,β-unsaturated/α-hetero) is 1. The zero-order valence-electron chi connectivity index (χ0n) is 17.8. The van der Waals surface area contributed by atoms with Crippen molar-refractivity contribution in [1.29, 1.82) is 0 Å². The predicted molar refractivity (Wildman–Crippen MR) is 120 cm³/mol. The van der Waals surface area contributed by atoms with Crippen LogP contribution in [0.4, 0.5) is 5.69 Å². The Bertz CT molecular complexity index is 1010. The molecule has 0 amide bonds. The fraction of sp³-hybridized carbons (Fsp3) is 0.348. The van der Waals surface area contributed by atoms with Gasteiger partial charge >= 0.3 is 0 Å². The van der Waals surface area contributed by atoms with Gasteiger partial charge in [-0.25, -0.2) is 8.42 Å². The minimum atomic E-state index is -3.78. The summed E-state index contributed by atoms with van der Waals surface area (Å²) in [5, 5.41) is 3.30. The molecule has 0 aromatic heterocycles. The molecule has 0 radical (unpaired) electrons. The Balaban J connectivity index is 1.96. The van der Waals surface area contributed by atoms with Crippen molar-refractivity contribution >= 4 is 21.5 Å². The van der Waals surface area contributed by atoms with Crippen LogP contribution in [0.3, 0.4) is 0 Å². The number of para-hydroxylation sites is 1. The minimum Gasteiger partial charge on any atom is -0.357 e. The zero-order chi connectivity index (χ0) is 21.7. The molecule has 0 unspecified atom stereocenters. The van der Waals surface area contributed by atoms with Gasteiger partial charge in [0.25, 0.3) is 0 Å². The van der Waals surface area contributed by atoms with E-state index in [9.17, 15) is 13.2 Å². The Kier molecular flexibility index (Phi) is 7.07. The molecule has 1 heterocycles. The Morgan fingerprint density at radius 1 is 0.967 bits per heavy atom. The maximum Gasteiger partial charge on any atom is 0.243 e. The highest BCUT2D eigenvalue weighted by Crippen LogP contribution is 2.25. The lowest BCUT2D eigenvalue weighted by molar-refractivity contribution is -0.116. The highest BCUT2D eigenvalue weighted by molar-refractivity contribution is 7.89. The standard InChI is InChI=1S/C23H29N3O3S/c1-4-25(5-2)15-21-22(24-19-9-7-6-8-10-19)16-26(17-23(21)27)30(28,29)20-13-11-18(3)12-14-20/h6-14,24H,4-5,15-17H2,1-3H3. The lowest BCUT2D eigenvalue weighted by Gasteiger charge is -2.32. The van der Waals surface area contributed by atoms with Gasteiger partial charge in [0.05, 0.1) is 18.0 Å². The fourth-order valence-corrected chi connectivity index (χ4v) is 4.81. The first-order valence-electron chi connectivity index (χ1n) is 10.2. The smallest absolute Gasteiger partial charge is 0.243 e. The van der Waals surface area contributed by atoms with E-state index in [-0.39, 0.29) is 23.8 Å². The van der Waals surface area contributed by atoms with Crippen LogP contribution in [0.15, 0.2) is 70.8 Å². The van der Waals surface area contributed by atoms with Crippen LogP contribution >= 0.6 is 0 Å². The SMILES string of the molecule is CCN(CC)CC1=C(Nc2ccccc2)CN(S(=O)(=O)c2ccc(C)cc2)CC1=O. The highest BCUT2D eigenvalue weighted by Gasteiger charge is 2.34. The van der Waals surface area contributed by atoms with Crippen molar-refractivity contribution in [3.63, 3.8) is 0 Å². The molecule has 2 aromatic carbocycles. The second kappa shape index (κ2) is 9.55. The van der Waals surface area contributed by atoms with E-state index >= 15 is 0 Å². The number of carbonyl (C=O) groups is 1. The molecule has 1 aliphatic heterocycles. The zero-order valence-corrected chi connectivity index (χ0v) is 18.6. The molecule has 1 aliphatic rings. The summed E-state index contributed by atoms with van der Waals surface area (Å²) in [7, 11) is -3.78. The fourth-order valence-electron chi connectivity index (χ4n) is 3.45. The van der Waals surface area contributed by atoms with Gasteiger partial charge in [-0.1, -0.05) is 49.7 Å². The van der Waals surface area contributed by atoms with E-state index in [1.165, 1.54) is 4.31 Å². The van der Waals surface area contributed by atoms with Crippen LogP contribution < -0.4 is 5.32 Å². The molecule has 3 rings (SSSR count). The average Bonchev–Trinajstić information content (AvgIpc) is 2.74. The summed E-state index contributed by atoms with van der Waals surface area (Å²) in [6.45, 7) is 8.13. The van der Waals surface area contributed by atoms with Gasteiger partial charge in [-0.2, -0.15) is 4.31 Å². The van der Waals surface area contributed by atoms with Crippen LogP contribution in [0, 0.1) is 6.92 Å². The normalized spacial score (nSPS) is 15.7. The number of hydrogen-bond acceptors (Lipinski definition) is 5. The van der Waals surface area contributed by atoms with Gasteiger partial charge in [0.15, 0.2) is 5.78 Å². The lowest BCUT2D eigenvalue weighted by atomic mass is 10.0. The van der Waals surface area contributed by atoms with Crippen molar-refractivity contribution in [2.24, 2.45) is 0 Å². The Labute approximate surface area is 179 Å². The number of rotatable bonds is 8. The molecule has 0 saturated heterocycles. The quantitative estimate of drug-likeness (QED) is 0.700. The number of nitrogens with one attached hydrogen (secondary N) is 1. The van der Waals surface area contributed by atoms with E-state index in [1.54, 1.807) is 24.3 Å².